The summed E-state index contributed by atoms with van der Waals surface area (Å²) in [5, 5.41) is 10.5. The fourth-order valence-corrected chi connectivity index (χ4v) is 2.45. The molecule has 1 aliphatic rings. The van der Waals surface area contributed by atoms with E-state index in [-0.39, 0.29) is 25.9 Å². The lowest BCUT2D eigenvalue weighted by molar-refractivity contribution is -0.154. The zero-order valence-electron chi connectivity index (χ0n) is 10.5. The van der Waals surface area contributed by atoms with Gasteiger partial charge in [-0.05, 0) is 30.5 Å². The highest BCUT2D eigenvalue weighted by molar-refractivity contribution is 5.42. The van der Waals surface area contributed by atoms with E-state index in [0.29, 0.717) is 11.3 Å². The predicted octanol–water partition coefficient (Wildman–Crippen LogP) is 2.11. The minimum Gasteiger partial charge on any atom is -0.399 e. The SMILES string of the molecule is Nc1cccc(C2(O)CCN(CC(F)(F)F)CC2)c1. The van der Waals surface area contributed by atoms with Crippen LogP contribution in [0, 0.1) is 0 Å². The van der Waals surface area contributed by atoms with Crippen LogP contribution in [-0.2, 0) is 5.60 Å². The number of nitrogens with two attached hydrogens (primary N) is 1. The molecule has 1 heterocycles. The minimum atomic E-state index is -4.19. The van der Waals surface area contributed by atoms with E-state index in [0.717, 1.165) is 0 Å². The molecule has 0 amide bonds. The third kappa shape index (κ3) is 3.61. The van der Waals surface area contributed by atoms with Gasteiger partial charge in [0.25, 0.3) is 0 Å². The van der Waals surface area contributed by atoms with Crippen LogP contribution in [0.1, 0.15) is 18.4 Å². The summed E-state index contributed by atoms with van der Waals surface area (Å²) in [4.78, 5) is 1.32. The number of alkyl halides is 3. The molecule has 0 aliphatic carbocycles. The molecule has 0 saturated carbocycles. The van der Waals surface area contributed by atoms with Gasteiger partial charge >= 0.3 is 6.18 Å². The Balaban J connectivity index is 2.02. The molecule has 1 aromatic rings. The van der Waals surface area contributed by atoms with Crippen molar-refractivity contribution in [2.75, 3.05) is 25.4 Å². The summed E-state index contributed by atoms with van der Waals surface area (Å²) in [7, 11) is 0. The van der Waals surface area contributed by atoms with Gasteiger partial charge in [0, 0.05) is 18.8 Å². The maximum Gasteiger partial charge on any atom is 0.401 e. The van der Waals surface area contributed by atoms with E-state index in [2.05, 4.69) is 0 Å². The quantitative estimate of drug-likeness (QED) is 0.812. The average molecular weight is 274 g/mol. The number of benzene rings is 1. The lowest BCUT2D eigenvalue weighted by Gasteiger charge is -2.38. The number of piperidine rings is 1. The van der Waals surface area contributed by atoms with Crippen LogP contribution in [0.15, 0.2) is 24.3 Å². The number of rotatable bonds is 2. The topological polar surface area (TPSA) is 49.5 Å². The van der Waals surface area contributed by atoms with Gasteiger partial charge in [-0.2, -0.15) is 13.2 Å². The normalized spacial score (nSPS) is 20.4. The molecule has 0 bridgehead atoms. The largest absolute Gasteiger partial charge is 0.401 e. The Kier molecular flexibility index (Phi) is 3.73. The summed E-state index contributed by atoms with van der Waals surface area (Å²) in [5.41, 5.74) is 5.82. The fourth-order valence-electron chi connectivity index (χ4n) is 2.45. The van der Waals surface area contributed by atoms with Crippen LogP contribution in [0.4, 0.5) is 18.9 Å². The summed E-state index contributed by atoms with van der Waals surface area (Å²) in [6.07, 6.45) is -3.62. The molecule has 0 spiro atoms. The maximum atomic E-state index is 12.3. The smallest absolute Gasteiger partial charge is 0.399 e. The number of anilines is 1. The molecule has 2 rings (SSSR count). The van der Waals surface area contributed by atoms with E-state index in [1.54, 1.807) is 24.3 Å². The minimum absolute atomic E-state index is 0.227. The number of halogens is 3. The van der Waals surface area contributed by atoms with Gasteiger partial charge in [-0.25, -0.2) is 0 Å². The summed E-state index contributed by atoms with van der Waals surface area (Å²) < 4.78 is 36.9. The second-order valence-corrected chi connectivity index (χ2v) is 5.05. The summed E-state index contributed by atoms with van der Waals surface area (Å²) >= 11 is 0. The highest BCUT2D eigenvalue weighted by Gasteiger charge is 2.38. The van der Waals surface area contributed by atoms with E-state index < -0.39 is 18.3 Å². The number of nitrogen functional groups attached to an aromatic ring is 1. The number of aliphatic hydroxyl groups is 1. The van der Waals surface area contributed by atoms with Crippen LogP contribution in [0.3, 0.4) is 0 Å². The molecule has 3 nitrogen and oxygen atoms in total. The first kappa shape index (κ1) is 14.1. The fraction of sp³-hybridized carbons (Fsp3) is 0.538. The molecule has 0 radical (unpaired) electrons. The van der Waals surface area contributed by atoms with Gasteiger partial charge in [-0.1, -0.05) is 12.1 Å². The second-order valence-electron chi connectivity index (χ2n) is 5.05. The Morgan fingerprint density at radius 1 is 1.26 bits per heavy atom. The first-order valence-corrected chi connectivity index (χ1v) is 6.16. The molecule has 0 unspecified atom stereocenters. The lowest BCUT2D eigenvalue weighted by Crippen LogP contribution is -2.45. The Hall–Kier alpha value is -1.27. The van der Waals surface area contributed by atoms with Crippen molar-refractivity contribution in [3.63, 3.8) is 0 Å². The van der Waals surface area contributed by atoms with Crippen molar-refractivity contribution in [2.45, 2.75) is 24.6 Å². The second kappa shape index (κ2) is 5.02. The number of nitrogens with zero attached hydrogens (tertiary/aromatic N) is 1. The molecule has 1 aromatic carbocycles. The van der Waals surface area contributed by atoms with Crippen molar-refractivity contribution >= 4 is 5.69 Å². The third-order valence-corrected chi connectivity index (χ3v) is 3.51. The predicted molar refractivity (Wildman–Crippen MR) is 66.5 cm³/mol. The zero-order chi connectivity index (χ0) is 14.1. The Morgan fingerprint density at radius 3 is 2.42 bits per heavy atom. The molecular formula is C13H17F3N2O. The highest BCUT2D eigenvalue weighted by atomic mass is 19.4. The lowest BCUT2D eigenvalue weighted by atomic mass is 9.84. The number of likely N-dealkylation sites (tertiary alicyclic amines) is 1. The van der Waals surface area contributed by atoms with Crippen LogP contribution in [0.5, 0.6) is 0 Å². The number of hydrogen-bond acceptors (Lipinski definition) is 3. The van der Waals surface area contributed by atoms with E-state index in [1.807, 2.05) is 0 Å². The van der Waals surface area contributed by atoms with E-state index in [9.17, 15) is 18.3 Å². The van der Waals surface area contributed by atoms with Crippen LogP contribution >= 0.6 is 0 Å². The molecule has 1 saturated heterocycles. The van der Waals surface area contributed by atoms with Gasteiger partial charge in [0.15, 0.2) is 0 Å². The van der Waals surface area contributed by atoms with Gasteiger partial charge in [0.1, 0.15) is 0 Å². The summed E-state index contributed by atoms with van der Waals surface area (Å²) in [5.74, 6) is 0. The van der Waals surface area contributed by atoms with Gasteiger partial charge in [-0.3, -0.25) is 4.90 Å². The molecule has 0 atom stereocenters. The van der Waals surface area contributed by atoms with E-state index >= 15 is 0 Å². The van der Waals surface area contributed by atoms with Crippen molar-refractivity contribution < 1.29 is 18.3 Å². The molecule has 19 heavy (non-hydrogen) atoms. The van der Waals surface area contributed by atoms with E-state index in [4.69, 9.17) is 5.73 Å². The number of hydrogen-bond donors (Lipinski definition) is 2. The molecule has 106 valence electrons. The van der Waals surface area contributed by atoms with Crippen molar-refractivity contribution in [2.24, 2.45) is 0 Å². The first-order chi connectivity index (χ1) is 8.78. The molecule has 6 heteroatoms. The molecule has 1 fully saturated rings. The molecule has 3 N–H and O–H groups in total. The van der Waals surface area contributed by atoms with Crippen LogP contribution in [0.2, 0.25) is 0 Å². The van der Waals surface area contributed by atoms with Crippen molar-refractivity contribution in [3.05, 3.63) is 29.8 Å². The molecular weight excluding hydrogens is 257 g/mol. The monoisotopic (exact) mass is 274 g/mol. The van der Waals surface area contributed by atoms with Gasteiger partial charge in [-0.15, -0.1) is 0 Å². The van der Waals surface area contributed by atoms with Crippen LogP contribution < -0.4 is 5.73 Å². The molecule has 0 aromatic heterocycles. The van der Waals surface area contributed by atoms with Crippen LogP contribution in [-0.4, -0.2) is 35.8 Å². The van der Waals surface area contributed by atoms with Gasteiger partial charge in [0.05, 0.1) is 12.1 Å². The molecule has 1 aliphatic heterocycles. The first-order valence-electron chi connectivity index (χ1n) is 6.16. The van der Waals surface area contributed by atoms with Crippen molar-refractivity contribution in [1.29, 1.82) is 0 Å². The summed E-state index contributed by atoms with van der Waals surface area (Å²) in [6, 6.07) is 6.89. The summed E-state index contributed by atoms with van der Waals surface area (Å²) in [6.45, 7) is -0.463. The van der Waals surface area contributed by atoms with Crippen molar-refractivity contribution in [3.8, 4) is 0 Å². The van der Waals surface area contributed by atoms with Gasteiger partial charge in [0.2, 0.25) is 0 Å². The third-order valence-electron chi connectivity index (χ3n) is 3.51. The Morgan fingerprint density at radius 2 is 1.89 bits per heavy atom. The Bertz CT molecular complexity index is 440. The average Bonchev–Trinajstić information content (AvgIpc) is 2.31. The maximum absolute atomic E-state index is 12.3. The van der Waals surface area contributed by atoms with Gasteiger partial charge < -0.3 is 10.8 Å². The van der Waals surface area contributed by atoms with Crippen LogP contribution in [0.25, 0.3) is 0 Å². The van der Waals surface area contributed by atoms with E-state index in [1.165, 1.54) is 4.90 Å². The Labute approximate surface area is 109 Å². The standard InChI is InChI=1S/C13H17F3N2O/c14-13(15,16)9-18-6-4-12(19,5-7-18)10-2-1-3-11(17)8-10/h1-3,8,19H,4-7,9,17H2. The highest BCUT2D eigenvalue weighted by Crippen LogP contribution is 2.34. The zero-order valence-corrected chi connectivity index (χ0v) is 10.5. The van der Waals surface area contributed by atoms with Crippen molar-refractivity contribution in [1.82, 2.24) is 4.90 Å².